The molecular weight excluding hydrogens is 264 g/mol. The molecule has 0 bridgehead atoms. The zero-order chi connectivity index (χ0) is 13.7. The third-order valence-corrected chi connectivity index (χ3v) is 3.20. The average Bonchev–Trinajstić information content (AvgIpc) is 3.23. The fourth-order valence-corrected chi connectivity index (χ4v) is 1.95. The van der Waals surface area contributed by atoms with Crippen LogP contribution in [-0.2, 0) is 4.79 Å². The van der Waals surface area contributed by atoms with Crippen LogP contribution in [0.1, 0.15) is 19.3 Å². The van der Waals surface area contributed by atoms with E-state index in [-0.39, 0.29) is 12.5 Å². The van der Waals surface area contributed by atoms with Crippen molar-refractivity contribution in [2.45, 2.75) is 25.3 Å². The molecule has 1 aliphatic rings. The van der Waals surface area contributed by atoms with Gasteiger partial charge in [-0.15, -0.1) is 0 Å². The minimum atomic E-state index is -0.0623. The van der Waals surface area contributed by atoms with E-state index in [4.69, 9.17) is 21.6 Å². The zero-order valence-electron chi connectivity index (χ0n) is 10.5. The van der Waals surface area contributed by atoms with E-state index in [1.165, 1.54) is 0 Å². The van der Waals surface area contributed by atoms with Crippen LogP contribution in [0.2, 0.25) is 5.02 Å². The molecule has 2 rings (SSSR count). The standard InChI is InChI=1S/C14H15ClN2O2/c15-11-2-6-13(7-3-11)19-10-14(18)17(9-1-8-16)12-4-5-12/h2-3,6-7,12H,1,4-5,9-10H2. The Kier molecular flexibility index (Phi) is 4.64. The Hall–Kier alpha value is -1.73. The topological polar surface area (TPSA) is 53.3 Å². The number of carbonyl (C=O) groups is 1. The third-order valence-electron chi connectivity index (χ3n) is 2.95. The summed E-state index contributed by atoms with van der Waals surface area (Å²) in [5.41, 5.74) is 0. The normalized spacial score (nSPS) is 13.7. The molecular formula is C14H15ClN2O2. The van der Waals surface area contributed by atoms with Gasteiger partial charge in [0.25, 0.3) is 5.91 Å². The fraction of sp³-hybridized carbons (Fsp3) is 0.429. The van der Waals surface area contributed by atoms with Gasteiger partial charge >= 0.3 is 0 Å². The number of amides is 1. The first-order chi connectivity index (χ1) is 9.20. The molecule has 0 heterocycles. The predicted octanol–water partition coefficient (Wildman–Crippen LogP) is 2.62. The van der Waals surface area contributed by atoms with Crippen LogP contribution in [0.15, 0.2) is 24.3 Å². The van der Waals surface area contributed by atoms with Crippen molar-refractivity contribution in [1.82, 2.24) is 4.90 Å². The quantitative estimate of drug-likeness (QED) is 0.804. The Labute approximate surface area is 117 Å². The first-order valence-electron chi connectivity index (χ1n) is 6.25. The number of benzene rings is 1. The van der Waals surface area contributed by atoms with Crippen molar-refractivity contribution in [2.75, 3.05) is 13.2 Å². The fourth-order valence-electron chi connectivity index (χ4n) is 1.83. The van der Waals surface area contributed by atoms with E-state index >= 15 is 0 Å². The molecule has 100 valence electrons. The van der Waals surface area contributed by atoms with Crippen LogP contribution >= 0.6 is 11.6 Å². The molecule has 0 unspecified atom stereocenters. The first-order valence-corrected chi connectivity index (χ1v) is 6.63. The lowest BCUT2D eigenvalue weighted by Crippen LogP contribution is -2.37. The highest BCUT2D eigenvalue weighted by Gasteiger charge is 2.32. The summed E-state index contributed by atoms with van der Waals surface area (Å²) < 4.78 is 5.43. The van der Waals surface area contributed by atoms with Gasteiger partial charge in [0, 0.05) is 17.6 Å². The molecule has 0 aliphatic heterocycles. The molecule has 5 heteroatoms. The summed E-state index contributed by atoms with van der Waals surface area (Å²) in [6.45, 7) is 0.494. The summed E-state index contributed by atoms with van der Waals surface area (Å²) in [6, 6.07) is 9.26. The second-order valence-electron chi connectivity index (χ2n) is 4.47. The summed E-state index contributed by atoms with van der Waals surface area (Å²) in [6.07, 6.45) is 2.42. The van der Waals surface area contributed by atoms with E-state index in [9.17, 15) is 4.79 Å². The second-order valence-corrected chi connectivity index (χ2v) is 4.91. The molecule has 1 aliphatic carbocycles. The van der Waals surface area contributed by atoms with Crippen molar-refractivity contribution < 1.29 is 9.53 Å². The molecule has 0 N–H and O–H groups in total. The number of hydrogen-bond acceptors (Lipinski definition) is 3. The van der Waals surface area contributed by atoms with Gasteiger partial charge in [0.1, 0.15) is 5.75 Å². The van der Waals surface area contributed by atoms with Crippen molar-refractivity contribution in [3.63, 3.8) is 0 Å². The molecule has 1 aromatic carbocycles. The molecule has 0 aromatic heterocycles. The lowest BCUT2D eigenvalue weighted by atomic mass is 10.3. The maximum Gasteiger partial charge on any atom is 0.260 e. The van der Waals surface area contributed by atoms with Crippen LogP contribution in [0, 0.1) is 11.3 Å². The van der Waals surface area contributed by atoms with Gasteiger partial charge in [0.15, 0.2) is 6.61 Å². The van der Waals surface area contributed by atoms with Crippen molar-refractivity contribution in [2.24, 2.45) is 0 Å². The van der Waals surface area contributed by atoms with Gasteiger partial charge in [-0.1, -0.05) is 11.6 Å². The van der Waals surface area contributed by atoms with Gasteiger partial charge in [-0.05, 0) is 37.1 Å². The molecule has 1 fully saturated rings. The molecule has 0 atom stereocenters. The predicted molar refractivity (Wildman–Crippen MR) is 71.9 cm³/mol. The molecule has 4 nitrogen and oxygen atoms in total. The molecule has 0 radical (unpaired) electrons. The van der Waals surface area contributed by atoms with Gasteiger partial charge < -0.3 is 9.64 Å². The van der Waals surface area contributed by atoms with Crippen molar-refractivity contribution in [1.29, 1.82) is 5.26 Å². The monoisotopic (exact) mass is 278 g/mol. The maximum absolute atomic E-state index is 12.0. The maximum atomic E-state index is 12.0. The van der Waals surface area contributed by atoms with E-state index in [2.05, 4.69) is 6.07 Å². The number of nitrogens with zero attached hydrogens (tertiary/aromatic N) is 2. The van der Waals surface area contributed by atoms with Crippen LogP contribution in [0.3, 0.4) is 0 Å². The molecule has 19 heavy (non-hydrogen) atoms. The number of ether oxygens (including phenoxy) is 1. The highest BCUT2D eigenvalue weighted by atomic mass is 35.5. The lowest BCUT2D eigenvalue weighted by molar-refractivity contribution is -0.133. The Morgan fingerprint density at radius 1 is 1.42 bits per heavy atom. The number of rotatable bonds is 6. The molecule has 1 amide bonds. The van der Waals surface area contributed by atoms with Crippen LogP contribution < -0.4 is 4.74 Å². The summed E-state index contributed by atoms with van der Waals surface area (Å²) in [7, 11) is 0. The van der Waals surface area contributed by atoms with Gasteiger partial charge in [0.05, 0.1) is 12.5 Å². The number of halogens is 1. The van der Waals surface area contributed by atoms with Crippen LogP contribution in [0.5, 0.6) is 5.75 Å². The van der Waals surface area contributed by atoms with Crippen molar-refractivity contribution in [3.05, 3.63) is 29.3 Å². The minimum Gasteiger partial charge on any atom is -0.484 e. The van der Waals surface area contributed by atoms with Crippen LogP contribution in [0.4, 0.5) is 0 Å². The molecule has 1 saturated carbocycles. The molecule has 0 spiro atoms. The Balaban J connectivity index is 1.85. The van der Waals surface area contributed by atoms with E-state index in [0.717, 1.165) is 12.8 Å². The molecule has 0 saturated heterocycles. The second kappa shape index (κ2) is 6.44. The average molecular weight is 279 g/mol. The Morgan fingerprint density at radius 2 is 2.11 bits per heavy atom. The first kappa shape index (κ1) is 13.7. The highest BCUT2D eigenvalue weighted by molar-refractivity contribution is 6.30. The summed E-state index contributed by atoms with van der Waals surface area (Å²) in [5.74, 6) is 0.557. The minimum absolute atomic E-state index is 0.00353. The Morgan fingerprint density at radius 3 is 2.68 bits per heavy atom. The lowest BCUT2D eigenvalue weighted by Gasteiger charge is -2.21. The van der Waals surface area contributed by atoms with Gasteiger partial charge in [-0.2, -0.15) is 5.26 Å². The number of carbonyl (C=O) groups excluding carboxylic acids is 1. The van der Waals surface area contributed by atoms with Crippen molar-refractivity contribution in [3.8, 4) is 11.8 Å². The SMILES string of the molecule is N#CCCN(C(=O)COc1ccc(Cl)cc1)C1CC1. The van der Waals surface area contributed by atoms with Gasteiger partial charge in [-0.3, -0.25) is 4.79 Å². The molecule has 1 aromatic rings. The summed E-state index contributed by atoms with van der Waals surface area (Å²) in [4.78, 5) is 13.8. The number of hydrogen-bond donors (Lipinski definition) is 0. The van der Waals surface area contributed by atoms with Crippen LogP contribution in [-0.4, -0.2) is 30.0 Å². The van der Waals surface area contributed by atoms with Crippen molar-refractivity contribution >= 4 is 17.5 Å². The smallest absolute Gasteiger partial charge is 0.260 e. The largest absolute Gasteiger partial charge is 0.484 e. The van der Waals surface area contributed by atoms with E-state index in [1.807, 2.05) is 0 Å². The third kappa shape index (κ3) is 4.15. The summed E-state index contributed by atoms with van der Waals surface area (Å²) >= 11 is 5.77. The summed E-state index contributed by atoms with van der Waals surface area (Å²) in [5, 5.41) is 9.23. The van der Waals surface area contributed by atoms with E-state index < -0.39 is 0 Å². The van der Waals surface area contributed by atoms with Gasteiger partial charge in [-0.25, -0.2) is 0 Å². The van der Waals surface area contributed by atoms with E-state index in [1.54, 1.807) is 29.2 Å². The Bertz CT molecular complexity index is 477. The van der Waals surface area contributed by atoms with Crippen LogP contribution in [0.25, 0.3) is 0 Å². The highest BCUT2D eigenvalue weighted by Crippen LogP contribution is 2.27. The zero-order valence-corrected chi connectivity index (χ0v) is 11.3. The number of nitriles is 1. The van der Waals surface area contributed by atoms with Gasteiger partial charge in [0.2, 0.25) is 0 Å². The van der Waals surface area contributed by atoms with E-state index in [0.29, 0.717) is 29.8 Å².